The highest BCUT2D eigenvalue weighted by Gasteiger charge is 2.04. The van der Waals surface area contributed by atoms with Gasteiger partial charge in [-0.1, -0.05) is 12.1 Å². The molecule has 5 nitrogen and oxygen atoms in total. The normalized spacial score (nSPS) is 10.1. The van der Waals surface area contributed by atoms with Crippen molar-refractivity contribution in [3.05, 3.63) is 52.7 Å². The Hall–Kier alpha value is -2.48. The fraction of sp³-hybridized carbons (Fsp3) is 0.286. The predicted octanol–water partition coefficient (Wildman–Crippen LogP) is 1.62. The molecule has 0 fully saturated rings. The van der Waals surface area contributed by atoms with E-state index in [2.05, 4.69) is 6.07 Å². The molecule has 98 valence electrons. The number of aromatic nitrogens is 2. The van der Waals surface area contributed by atoms with Crippen LogP contribution in [0.3, 0.4) is 0 Å². The van der Waals surface area contributed by atoms with Gasteiger partial charge < -0.3 is 4.74 Å². The first-order valence-corrected chi connectivity index (χ1v) is 6.13. The third kappa shape index (κ3) is 2.86. The summed E-state index contributed by atoms with van der Waals surface area (Å²) in [5.74, 6) is 0.549. The van der Waals surface area contributed by atoms with Crippen molar-refractivity contribution in [2.24, 2.45) is 0 Å². The second-order valence-corrected chi connectivity index (χ2v) is 4.02. The summed E-state index contributed by atoms with van der Waals surface area (Å²) in [5.41, 5.74) is 0.459. The van der Waals surface area contributed by atoms with Gasteiger partial charge in [0.2, 0.25) is 0 Å². The summed E-state index contributed by atoms with van der Waals surface area (Å²) in [4.78, 5) is 11.8. The van der Waals surface area contributed by atoms with Gasteiger partial charge in [-0.2, -0.15) is 5.26 Å². The van der Waals surface area contributed by atoms with Gasteiger partial charge in [-0.05, 0) is 19.1 Å². The van der Waals surface area contributed by atoms with E-state index >= 15 is 0 Å². The third-order valence-corrected chi connectivity index (χ3v) is 2.86. The van der Waals surface area contributed by atoms with E-state index in [-0.39, 0.29) is 5.69 Å². The van der Waals surface area contributed by atoms with Crippen LogP contribution < -0.4 is 10.4 Å². The fourth-order valence-corrected chi connectivity index (χ4v) is 1.80. The van der Waals surface area contributed by atoms with Gasteiger partial charge in [0, 0.05) is 18.9 Å². The molecule has 0 unspecified atom stereocenters. The van der Waals surface area contributed by atoms with Crippen LogP contribution in [0, 0.1) is 11.3 Å². The number of ether oxygens (including phenoxy) is 1. The second-order valence-electron chi connectivity index (χ2n) is 4.02. The Labute approximate surface area is 111 Å². The molecule has 0 bridgehead atoms. The minimum atomic E-state index is -0.0420. The molecular formula is C14H15N3O2. The van der Waals surface area contributed by atoms with Gasteiger partial charge >= 0.3 is 5.69 Å². The number of benzene rings is 1. The molecule has 2 aromatic rings. The third-order valence-electron chi connectivity index (χ3n) is 2.86. The largest absolute Gasteiger partial charge is 0.490 e. The van der Waals surface area contributed by atoms with Crippen molar-refractivity contribution >= 4 is 0 Å². The van der Waals surface area contributed by atoms with Crippen LogP contribution in [-0.2, 0) is 13.1 Å². The number of imidazole rings is 1. The Morgan fingerprint density at radius 3 is 2.68 bits per heavy atom. The van der Waals surface area contributed by atoms with E-state index in [0.29, 0.717) is 31.0 Å². The molecule has 0 saturated heterocycles. The van der Waals surface area contributed by atoms with Gasteiger partial charge in [0.15, 0.2) is 0 Å². The van der Waals surface area contributed by atoms with E-state index < -0.39 is 0 Å². The minimum Gasteiger partial charge on any atom is -0.490 e. The van der Waals surface area contributed by atoms with Crippen LogP contribution in [0.2, 0.25) is 0 Å². The number of nitriles is 1. The molecule has 0 amide bonds. The average molecular weight is 257 g/mol. The maximum atomic E-state index is 11.8. The predicted molar refractivity (Wildman–Crippen MR) is 71.0 cm³/mol. The maximum Gasteiger partial charge on any atom is 0.328 e. The molecule has 0 aliphatic carbocycles. The molecule has 0 radical (unpaired) electrons. The van der Waals surface area contributed by atoms with Crippen molar-refractivity contribution in [2.75, 3.05) is 6.61 Å². The quantitative estimate of drug-likeness (QED) is 0.817. The molecule has 1 aromatic heterocycles. The van der Waals surface area contributed by atoms with Gasteiger partial charge in [-0.25, -0.2) is 4.79 Å². The molecule has 0 aliphatic rings. The molecule has 0 N–H and O–H groups in total. The summed E-state index contributed by atoms with van der Waals surface area (Å²) < 4.78 is 8.76. The Bertz CT molecular complexity index is 649. The maximum absolute atomic E-state index is 11.8. The highest BCUT2D eigenvalue weighted by molar-refractivity contribution is 5.42. The second kappa shape index (κ2) is 5.91. The van der Waals surface area contributed by atoms with E-state index in [0.717, 1.165) is 0 Å². The first-order chi connectivity index (χ1) is 9.26. The topological polar surface area (TPSA) is 59.9 Å². The molecule has 1 aromatic carbocycles. The van der Waals surface area contributed by atoms with Crippen molar-refractivity contribution in [3.63, 3.8) is 0 Å². The van der Waals surface area contributed by atoms with Crippen LogP contribution >= 0.6 is 0 Å². The van der Waals surface area contributed by atoms with Crippen LogP contribution in [0.1, 0.15) is 12.5 Å². The van der Waals surface area contributed by atoms with Crippen LogP contribution in [0.5, 0.6) is 5.75 Å². The van der Waals surface area contributed by atoms with E-state index in [9.17, 15) is 4.79 Å². The number of hydrogen-bond donors (Lipinski definition) is 0. The van der Waals surface area contributed by atoms with Crippen LogP contribution in [-0.4, -0.2) is 15.7 Å². The average Bonchev–Trinajstić information content (AvgIpc) is 2.80. The standard InChI is InChI=1S/C14H15N3O2/c1-2-16-7-8-17(14(16)18)9-10-19-13-6-4-3-5-12(13)11-15/h3-8H,2,9-10H2,1H3. The number of hydrogen-bond acceptors (Lipinski definition) is 3. The number of aryl methyl sites for hydroxylation is 1. The molecule has 0 spiro atoms. The monoisotopic (exact) mass is 257 g/mol. The zero-order valence-corrected chi connectivity index (χ0v) is 10.7. The molecule has 0 saturated carbocycles. The van der Waals surface area contributed by atoms with Gasteiger partial charge in [-0.3, -0.25) is 9.13 Å². The lowest BCUT2D eigenvalue weighted by molar-refractivity contribution is 0.295. The number of para-hydroxylation sites is 1. The Kier molecular flexibility index (Phi) is 4.04. The first-order valence-electron chi connectivity index (χ1n) is 6.13. The molecule has 2 rings (SSSR count). The van der Waals surface area contributed by atoms with Gasteiger partial charge in [-0.15, -0.1) is 0 Å². The molecule has 1 heterocycles. The summed E-state index contributed by atoms with van der Waals surface area (Å²) in [6.45, 7) is 3.40. The smallest absolute Gasteiger partial charge is 0.328 e. The van der Waals surface area contributed by atoms with Gasteiger partial charge in [0.05, 0.1) is 12.1 Å². The minimum absolute atomic E-state index is 0.0420. The van der Waals surface area contributed by atoms with Crippen LogP contribution in [0.15, 0.2) is 41.5 Å². The highest BCUT2D eigenvalue weighted by atomic mass is 16.5. The van der Waals surface area contributed by atoms with Crippen molar-refractivity contribution < 1.29 is 4.74 Å². The van der Waals surface area contributed by atoms with Gasteiger partial charge in [0.1, 0.15) is 18.4 Å². The Morgan fingerprint density at radius 1 is 1.26 bits per heavy atom. The van der Waals surface area contributed by atoms with Crippen LogP contribution in [0.4, 0.5) is 0 Å². The first kappa shape index (κ1) is 13.0. The fourth-order valence-electron chi connectivity index (χ4n) is 1.80. The van der Waals surface area contributed by atoms with Crippen molar-refractivity contribution in [1.29, 1.82) is 5.26 Å². The molecule has 0 atom stereocenters. The summed E-state index contributed by atoms with van der Waals surface area (Å²) in [6.07, 6.45) is 3.50. The number of nitrogens with zero attached hydrogens (tertiary/aromatic N) is 3. The lowest BCUT2D eigenvalue weighted by Crippen LogP contribution is -2.25. The summed E-state index contributed by atoms with van der Waals surface area (Å²) in [7, 11) is 0. The zero-order valence-electron chi connectivity index (χ0n) is 10.7. The summed E-state index contributed by atoms with van der Waals surface area (Å²) in [5, 5.41) is 8.93. The van der Waals surface area contributed by atoms with E-state index in [1.165, 1.54) is 0 Å². The SMILES string of the molecule is CCn1ccn(CCOc2ccccc2C#N)c1=O. The van der Waals surface area contributed by atoms with Crippen molar-refractivity contribution in [1.82, 2.24) is 9.13 Å². The Balaban J connectivity index is 1.99. The van der Waals surface area contributed by atoms with E-state index in [4.69, 9.17) is 10.00 Å². The summed E-state index contributed by atoms with van der Waals surface area (Å²) >= 11 is 0. The molecular weight excluding hydrogens is 242 g/mol. The molecule has 0 aliphatic heterocycles. The molecule has 5 heteroatoms. The van der Waals surface area contributed by atoms with E-state index in [1.807, 2.05) is 13.0 Å². The highest BCUT2D eigenvalue weighted by Crippen LogP contribution is 2.16. The molecule has 19 heavy (non-hydrogen) atoms. The van der Waals surface area contributed by atoms with E-state index in [1.54, 1.807) is 39.7 Å². The van der Waals surface area contributed by atoms with Crippen molar-refractivity contribution in [2.45, 2.75) is 20.0 Å². The number of rotatable bonds is 5. The Morgan fingerprint density at radius 2 is 2.00 bits per heavy atom. The lowest BCUT2D eigenvalue weighted by atomic mass is 10.2. The lowest BCUT2D eigenvalue weighted by Gasteiger charge is -2.07. The summed E-state index contributed by atoms with van der Waals surface area (Å²) in [6, 6.07) is 9.13. The van der Waals surface area contributed by atoms with Crippen LogP contribution in [0.25, 0.3) is 0 Å². The van der Waals surface area contributed by atoms with Crippen molar-refractivity contribution in [3.8, 4) is 11.8 Å². The van der Waals surface area contributed by atoms with Gasteiger partial charge in [0.25, 0.3) is 0 Å². The zero-order chi connectivity index (χ0) is 13.7.